The maximum atomic E-state index is 11.5. The number of hydrogen-bond acceptors (Lipinski definition) is 3. The Hall–Kier alpha value is -0.570. The first-order valence-electron chi connectivity index (χ1n) is 6.01. The molecule has 0 aromatic heterocycles. The summed E-state index contributed by atoms with van der Waals surface area (Å²) in [7, 11) is 1.48. The molecule has 1 aliphatic rings. The molecule has 3 heteroatoms. The van der Waals surface area contributed by atoms with Crippen molar-refractivity contribution in [1.29, 1.82) is 0 Å². The summed E-state index contributed by atoms with van der Waals surface area (Å²) >= 11 is 0. The lowest BCUT2D eigenvalue weighted by Gasteiger charge is -2.25. The van der Waals surface area contributed by atoms with Crippen molar-refractivity contribution in [2.75, 3.05) is 20.2 Å². The molecule has 0 aromatic rings. The van der Waals surface area contributed by atoms with E-state index >= 15 is 0 Å². The molecule has 0 amide bonds. The molecule has 0 aromatic carbocycles. The highest BCUT2D eigenvalue weighted by Crippen LogP contribution is 2.20. The average molecular weight is 213 g/mol. The molecule has 0 N–H and O–H groups in total. The SMILES string of the molecule is CCCC(C)CN1CCCC1C(=O)OC. The molecule has 1 heterocycles. The van der Waals surface area contributed by atoms with E-state index in [-0.39, 0.29) is 12.0 Å². The third kappa shape index (κ3) is 3.49. The van der Waals surface area contributed by atoms with Crippen molar-refractivity contribution in [3.63, 3.8) is 0 Å². The zero-order valence-corrected chi connectivity index (χ0v) is 10.2. The summed E-state index contributed by atoms with van der Waals surface area (Å²) in [4.78, 5) is 13.8. The Morgan fingerprint density at radius 1 is 1.60 bits per heavy atom. The highest BCUT2D eigenvalue weighted by molar-refractivity contribution is 5.75. The van der Waals surface area contributed by atoms with Crippen LogP contribution in [0.4, 0.5) is 0 Å². The lowest BCUT2D eigenvalue weighted by molar-refractivity contribution is -0.146. The second-order valence-corrected chi connectivity index (χ2v) is 4.57. The van der Waals surface area contributed by atoms with Gasteiger partial charge in [0.1, 0.15) is 6.04 Å². The Balaban J connectivity index is 2.42. The molecule has 0 spiro atoms. The number of hydrogen-bond donors (Lipinski definition) is 0. The van der Waals surface area contributed by atoms with Crippen LogP contribution in [0.3, 0.4) is 0 Å². The second-order valence-electron chi connectivity index (χ2n) is 4.57. The van der Waals surface area contributed by atoms with Crippen LogP contribution in [0.1, 0.15) is 39.5 Å². The molecular weight excluding hydrogens is 190 g/mol. The Morgan fingerprint density at radius 3 is 2.93 bits per heavy atom. The fraction of sp³-hybridized carbons (Fsp3) is 0.917. The third-order valence-electron chi connectivity index (χ3n) is 3.16. The van der Waals surface area contributed by atoms with E-state index in [9.17, 15) is 4.79 Å². The molecule has 0 saturated carbocycles. The fourth-order valence-electron chi connectivity index (χ4n) is 2.43. The molecule has 0 radical (unpaired) electrons. The van der Waals surface area contributed by atoms with Crippen LogP contribution < -0.4 is 0 Å². The first-order valence-corrected chi connectivity index (χ1v) is 6.01. The smallest absolute Gasteiger partial charge is 0.323 e. The topological polar surface area (TPSA) is 29.5 Å². The van der Waals surface area contributed by atoms with Crippen molar-refractivity contribution in [3.05, 3.63) is 0 Å². The van der Waals surface area contributed by atoms with Crippen molar-refractivity contribution < 1.29 is 9.53 Å². The van der Waals surface area contributed by atoms with Crippen molar-refractivity contribution in [2.24, 2.45) is 5.92 Å². The maximum absolute atomic E-state index is 11.5. The van der Waals surface area contributed by atoms with Crippen molar-refractivity contribution in [1.82, 2.24) is 4.90 Å². The van der Waals surface area contributed by atoms with E-state index in [1.54, 1.807) is 0 Å². The van der Waals surface area contributed by atoms with E-state index in [2.05, 4.69) is 18.7 Å². The molecule has 1 saturated heterocycles. The van der Waals surface area contributed by atoms with Gasteiger partial charge in [0, 0.05) is 6.54 Å². The van der Waals surface area contributed by atoms with Crippen LogP contribution in [0.2, 0.25) is 0 Å². The summed E-state index contributed by atoms with van der Waals surface area (Å²) in [5.41, 5.74) is 0. The van der Waals surface area contributed by atoms with E-state index in [0.29, 0.717) is 5.92 Å². The van der Waals surface area contributed by atoms with Crippen LogP contribution in [0, 0.1) is 5.92 Å². The van der Waals surface area contributed by atoms with Gasteiger partial charge < -0.3 is 4.74 Å². The van der Waals surface area contributed by atoms with E-state index in [4.69, 9.17) is 4.74 Å². The van der Waals surface area contributed by atoms with Crippen LogP contribution in [0.5, 0.6) is 0 Å². The average Bonchev–Trinajstić information content (AvgIpc) is 2.65. The predicted octanol–water partition coefficient (Wildman–Crippen LogP) is 2.06. The normalized spacial score (nSPS) is 24.1. The van der Waals surface area contributed by atoms with Gasteiger partial charge >= 0.3 is 5.97 Å². The van der Waals surface area contributed by atoms with E-state index in [0.717, 1.165) is 25.9 Å². The van der Waals surface area contributed by atoms with Crippen LogP contribution in [0.25, 0.3) is 0 Å². The first-order chi connectivity index (χ1) is 7.19. The Bertz CT molecular complexity index is 206. The van der Waals surface area contributed by atoms with Gasteiger partial charge in [-0.1, -0.05) is 20.3 Å². The van der Waals surface area contributed by atoms with Crippen molar-refractivity contribution in [3.8, 4) is 0 Å². The van der Waals surface area contributed by atoms with Crippen molar-refractivity contribution >= 4 is 5.97 Å². The lowest BCUT2D eigenvalue weighted by atomic mass is 10.1. The number of likely N-dealkylation sites (tertiary alicyclic amines) is 1. The standard InChI is InChI=1S/C12H23NO2/c1-4-6-10(2)9-13-8-5-7-11(13)12(14)15-3/h10-11H,4-9H2,1-3H3. The highest BCUT2D eigenvalue weighted by atomic mass is 16.5. The highest BCUT2D eigenvalue weighted by Gasteiger charge is 2.31. The van der Waals surface area contributed by atoms with E-state index < -0.39 is 0 Å². The summed E-state index contributed by atoms with van der Waals surface area (Å²) in [6.45, 7) is 6.55. The van der Waals surface area contributed by atoms with Crippen LogP contribution in [-0.2, 0) is 9.53 Å². The van der Waals surface area contributed by atoms with Gasteiger partial charge in [0.25, 0.3) is 0 Å². The summed E-state index contributed by atoms with van der Waals surface area (Å²) in [6.07, 6.45) is 4.55. The molecule has 2 atom stereocenters. The Kier molecular flexibility index (Phi) is 5.09. The van der Waals surface area contributed by atoms with E-state index in [1.165, 1.54) is 20.0 Å². The third-order valence-corrected chi connectivity index (χ3v) is 3.16. The molecular formula is C12H23NO2. The zero-order chi connectivity index (χ0) is 11.3. The van der Waals surface area contributed by atoms with Crippen LogP contribution >= 0.6 is 0 Å². The van der Waals surface area contributed by atoms with Crippen molar-refractivity contribution in [2.45, 2.75) is 45.6 Å². The molecule has 1 aliphatic heterocycles. The van der Waals surface area contributed by atoms with Crippen LogP contribution in [0.15, 0.2) is 0 Å². The number of methoxy groups -OCH3 is 1. The molecule has 2 unspecified atom stereocenters. The van der Waals surface area contributed by atoms with Gasteiger partial charge in [-0.2, -0.15) is 0 Å². The van der Waals surface area contributed by atoms with Gasteiger partial charge in [0.2, 0.25) is 0 Å². The van der Waals surface area contributed by atoms with Gasteiger partial charge in [-0.3, -0.25) is 9.69 Å². The van der Waals surface area contributed by atoms with Gasteiger partial charge in [-0.15, -0.1) is 0 Å². The monoisotopic (exact) mass is 213 g/mol. The summed E-state index contributed by atoms with van der Waals surface area (Å²) in [5.74, 6) is 0.622. The lowest BCUT2D eigenvalue weighted by Crippen LogP contribution is -2.39. The maximum Gasteiger partial charge on any atom is 0.323 e. The number of carbonyl (C=O) groups excluding carboxylic acids is 1. The largest absolute Gasteiger partial charge is 0.468 e. The quantitative estimate of drug-likeness (QED) is 0.655. The molecule has 0 bridgehead atoms. The fourth-order valence-corrected chi connectivity index (χ4v) is 2.43. The Morgan fingerprint density at radius 2 is 2.33 bits per heavy atom. The minimum absolute atomic E-state index is 0.0225. The van der Waals surface area contributed by atoms with Gasteiger partial charge in [0.15, 0.2) is 0 Å². The Labute approximate surface area is 92.8 Å². The van der Waals surface area contributed by atoms with E-state index in [1.807, 2.05) is 0 Å². The number of ether oxygens (including phenoxy) is 1. The minimum Gasteiger partial charge on any atom is -0.468 e. The molecule has 3 nitrogen and oxygen atoms in total. The summed E-state index contributed by atoms with van der Waals surface area (Å²) in [5, 5.41) is 0. The predicted molar refractivity (Wildman–Crippen MR) is 60.7 cm³/mol. The molecule has 1 fully saturated rings. The minimum atomic E-state index is -0.0591. The number of nitrogens with zero attached hydrogens (tertiary/aromatic N) is 1. The molecule has 1 rings (SSSR count). The van der Waals surface area contributed by atoms with Gasteiger partial charge in [-0.25, -0.2) is 0 Å². The summed E-state index contributed by atoms with van der Waals surface area (Å²) in [6, 6.07) is 0.0225. The number of carbonyl (C=O) groups is 1. The van der Waals surface area contributed by atoms with Crippen LogP contribution in [-0.4, -0.2) is 37.1 Å². The number of rotatable bonds is 5. The molecule has 0 aliphatic carbocycles. The first kappa shape index (κ1) is 12.5. The van der Waals surface area contributed by atoms with Gasteiger partial charge in [-0.05, 0) is 31.7 Å². The molecule has 15 heavy (non-hydrogen) atoms. The number of esters is 1. The molecule has 88 valence electrons. The van der Waals surface area contributed by atoms with Gasteiger partial charge in [0.05, 0.1) is 7.11 Å². The summed E-state index contributed by atoms with van der Waals surface area (Å²) < 4.78 is 4.83. The zero-order valence-electron chi connectivity index (χ0n) is 10.2. The second kappa shape index (κ2) is 6.11.